The molecule has 0 bridgehead atoms. The Morgan fingerprint density at radius 1 is 1.48 bits per heavy atom. The lowest BCUT2D eigenvalue weighted by Crippen LogP contribution is -2.29. The van der Waals surface area contributed by atoms with Crippen LogP contribution < -0.4 is 5.11 Å². The standard InChI is InChI=1S/C13H15N5O3/c1-2-3-7-21-13(20)12(19)14-10-6-4-5-9(8-10)11-15-17-18-16-11/h4-6,8H,2-3,7H2,1H3,(H,14,19)(H,15,16,17,18)/p-1. The van der Waals surface area contributed by atoms with E-state index in [2.05, 4.69) is 25.6 Å². The first kappa shape index (κ1) is 14.6. The number of aromatic nitrogens is 4. The van der Waals surface area contributed by atoms with Gasteiger partial charge in [0.25, 0.3) is 0 Å². The van der Waals surface area contributed by atoms with Gasteiger partial charge in [0.05, 0.1) is 18.2 Å². The topological polar surface area (TPSA) is 116 Å². The quantitative estimate of drug-likeness (QED) is 0.373. The number of hydrogen-bond donors (Lipinski definition) is 1. The van der Waals surface area contributed by atoms with E-state index in [0.29, 0.717) is 23.5 Å². The number of H-pyrrole nitrogens is 1. The second-order valence-electron chi connectivity index (χ2n) is 4.19. The second-order valence-corrected chi connectivity index (χ2v) is 4.19. The summed E-state index contributed by atoms with van der Waals surface area (Å²) in [7, 11) is 0. The van der Waals surface area contributed by atoms with Gasteiger partial charge in [-0.1, -0.05) is 25.5 Å². The smallest absolute Gasteiger partial charge is 0.341 e. The molecule has 0 unspecified atom stereocenters. The van der Waals surface area contributed by atoms with Crippen molar-refractivity contribution in [1.82, 2.24) is 20.6 Å². The maximum Gasteiger partial charge on any atom is 0.341 e. The lowest BCUT2D eigenvalue weighted by atomic mass is 10.2. The highest BCUT2D eigenvalue weighted by Crippen LogP contribution is 2.20. The van der Waals surface area contributed by atoms with E-state index in [9.17, 15) is 9.90 Å². The molecule has 2 aromatic rings. The maximum atomic E-state index is 11.6. The molecule has 0 saturated carbocycles. The minimum Gasteiger partial charge on any atom is -0.854 e. The van der Waals surface area contributed by atoms with Crippen LogP contribution in [0.15, 0.2) is 29.3 Å². The van der Waals surface area contributed by atoms with Gasteiger partial charge >= 0.3 is 5.97 Å². The number of ether oxygens (including phenoxy) is 1. The zero-order valence-corrected chi connectivity index (χ0v) is 11.4. The highest BCUT2D eigenvalue weighted by Gasteiger charge is 2.05. The van der Waals surface area contributed by atoms with Gasteiger partial charge in [0.1, 0.15) is 0 Å². The SMILES string of the molecule is CCCCOC(=O)C([O-])=Nc1cccc(-c2nn[nH]n2)c1. The van der Waals surface area contributed by atoms with Crippen molar-refractivity contribution in [1.29, 1.82) is 0 Å². The Morgan fingerprint density at radius 3 is 3.05 bits per heavy atom. The van der Waals surface area contributed by atoms with Gasteiger partial charge in [-0.25, -0.2) is 4.79 Å². The van der Waals surface area contributed by atoms with Gasteiger partial charge < -0.3 is 9.84 Å². The molecule has 8 heteroatoms. The van der Waals surface area contributed by atoms with E-state index < -0.39 is 11.9 Å². The van der Waals surface area contributed by atoms with Crippen LogP contribution in [0.4, 0.5) is 5.69 Å². The molecule has 1 N–H and O–H groups in total. The molecule has 0 aliphatic heterocycles. The molecule has 0 atom stereocenters. The van der Waals surface area contributed by atoms with E-state index in [1.807, 2.05) is 6.92 Å². The Labute approximate surface area is 120 Å². The third-order valence-corrected chi connectivity index (χ3v) is 2.59. The number of rotatable bonds is 5. The molecule has 0 aliphatic carbocycles. The maximum absolute atomic E-state index is 11.6. The van der Waals surface area contributed by atoms with Gasteiger partial charge in [-0.05, 0) is 23.8 Å². The molecule has 0 radical (unpaired) electrons. The van der Waals surface area contributed by atoms with Crippen molar-refractivity contribution in [2.75, 3.05) is 6.61 Å². The van der Waals surface area contributed by atoms with E-state index in [0.717, 1.165) is 6.42 Å². The molecular formula is C13H14N5O3-. The van der Waals surface area contributed by atoms with Crippen LogP contribution in [0.1, 0.15) is 19.8 Å². The Kier molecular flexibility index (Phi) is 4.97. The number of esters is 1. The van der Waals surface area contributed by atoms with Gasteiger partial charge in [0, 0.05) is 5.56 Å². The highest BCUT2D eigenvalue weighted by molar-refractivity contribution is 6.31. The molecule has 1 aromatic heterocycles. The lowest BCUT2D eigenvalue weighted by molar-refractivity contribution is -0.223. The summed E-state index contributed by atoms with van der Waals surface area (Å²) in [5.41, 5.74) is 0.965. The second kappa shape index (κ2) is 7.13. The summed E-state index contributed by atoms with van der Waals surface area (Å²) in [5.74, 6) is -1.50. The number of nitrogens with one attached hydrogen (secondary N) is 1. The minimum atomic E-state index is -0.951. The number of aliphatic imine (C=N–C) groups is 1. The molecule has 110 valence electrons. The number of hydrogen-bond acceptors (Lipinski definition) is 7. The zero-order chi connectivity index (χ0) is 15.1. The summed E-state index contributed by atoms with van der Waals surface area (Å²) in [6, 6.07) is 6.61. The van der Waals surface area contributed by atoms with E-state index in [-0.39, 0.29) is 6.61 Å². The molecule has 0 amide bonds. The number of aromatic amines is 1. The van der Waals surface area contributed by atoms with E-state index in [4.69, 9.17) is 4.74 Å². The summed E-state index contributed by atoms with van der Waals surface area (Å²) in [6.07, 6.45) is 1.59. The van der Waals surface area contributed by atoms with Crippen molar-refractivity contribution in [2.24, 2.45) is 4.99 Å². The van der Waals surface area contributed by atoms with Crippen molar-refractivity contribution >= 4 is 17.6 Å². The van der Waals surface area contributed by atoms with Crippen molar-refractivity contribution in [3.63, 3.8) is 0 Å². The Bertz CT molecular complexity index is 624. The minimum absolute atomic E-state index is 0.222. The summed E-state index contributed by atoms with van der Waals surface area (Å²) in [6.45, 7) is 2.18. The van der Waals surface area contributed by atoms with Crippen LogP contribution >= 0.6 is 0 Å². The van der Waals surface area contributed by atoms with Gasteiger partial charge in [-0.3, -0.25) is 4.99 Å². The average molecular weight is 288 g/mol. The first-order valence-electron chi connectivity index (χ1n) is 6.47. The van der Waals surface area contributed by atoms with Gasteiger partial charge in [-0.15, -0.1) is 10.2 Å². The molecule has 0 fully saturated rings. The van der Waals surface area contributed by atoms with Crippen LogP contribution in [-0.2, 0) is 9.53 Å². The van der Waals surface area contributed by atoms with E-state index in [1.165, 1.54) is 0 Å². The van der Waals surface area contributed by atoms with Crippen LogP contribution in [0, 0.1) is 0 Å². The van der Waals surface area contributed by atoms with Crippen LogP contribution in [-0.4, -0.2) is 39.1 Å². The summed E-state index contributed by atoms with van der Waals surface area (Å²) in [4.78, 5) is 15.1. The van der Waals surface area contributed by atoms with Gasteiger partial charge in [0.15, 0.2) is 0 Å². The van der Waals surface area contributed by atoms with E-state index >= 15 is 0 Å². The molecule has 0 aliphatic rings. The fraction of sp³-hybridized carbons (Fsp3) is 0.308. The van der Waals surface area contributed by atoms with E-state index in [1.54, 1.807) is 24.3 Å². The van der Waals surface area contributed by atoms with Gasteiger partial charge in [-0.2, -0.15) is 5.21 Å². The Morgan fingerprint density at radius 2 is 2.33 bits per heavy atom. The fourth-order valence-electron chi connectivity index (χ4n) is 1.53. The molecule has 21 heavy (non-hydrogen) atoms. The van der Waals surface area contributed by atoms with Crippen molar-refractivity contribution < 1.29 is 14.6 Å². The van der Waals surface area contributed by atoms with Crippen LogP contribution in [0.3, 0.4) is 0 Å². The number of carbonyl (C=O) groups excluding carboxylic acids is 1. The predicted octanol–water partition coefficient (Wildman–Crippen LogP) is 0.600. The number of tetrazole rings is 1. The largest absolute Gasteiger partial charge is 0.854 e. The summed E-state index contributed by atoms with van der Waals surface area (Å²) in [5, 5.41) is 25.1. The summed E-state index contributed by atoms with van der Waals surface area (Å²) < 4.78 is 4.80. The first-order valence-corrected chi connectivity index (χ1v) is 6.47. The number of benzene rings is 1. The highest BCUT2D eigenvalue weighted by atomic mass is 16.5. The number of unbranched alkanes of at least 4 members (excludes halogenated alkanes) is 1. The molecule has 1 aromatic carbocycles. The third-order valence-electron chi connectivity index (χ3n) is 2.59. The molecule has 0 saturated heterocycles. The normalized spacial score (nSPS) is 11.4. The van der Waals surface area contributed by atoms with Crippen LogP contribution in [0.25, 0.3) is 11.4 Å². The molecule has 0 spiro atoms. The number of carbonyl (C=O) groups is 1. The summed E-state index contributed by atoms with van der Waals surface area (Å²) >= 11 is 0. The molecule has 8 nitrogen and oxygen atoms in total. The van der Waals surface area contributed by atoms with Crippen molar-refractivity contribution in [3.8, 4) is 11.4 Å². The van der Waals surface area contributed by atoms with Crippen molar-refractivity contribution in [2.45, 2.75) is 19.8 Å². The molecular weight excluding hydrogens is 274 g/mol. The first-order chi connectivity index (χ1) is 10.2. The lowest BCUT2D eigenvalue weighted by Gasteiger charge is -2.10. The molecule has 2 rings (SSSR count). The Balaban J connectivity index is 2.09. The Hall–Kier alpha value is -2.77. The predicted molar refractivity (Wildman–Crippen MR) is 72.6 cm³/mol. The monoisotopic (exact) mass is 288 g/mol. The van der Waals surface area contributed by atoms with Crippen LogP contribution in [0.5, 0.6) is 0 Å². The molecule has 1 heterocycles. The number of nitrogens with zero attached hydrogens (tertiary/aromatic N) is 4. The van der Waals surface area contributed by atoms with Crippen molar-refractivity contribution in [3.05, 3.63) is 24.3 Å². The van der Waals surface area contributed by atoms with Crippen LogP contribution in [0.2, 0.25) is 0 Å². The zero-order valence-electron chi connectivity index (χ0n) is 11.4. The third kappa shape index (κ3) is 4.10. The van der Waals surface area contributed by atoms with Gasteiger partial charge in [0.2, 0.25) is 5.82 Å². The average Bonchev–Trinajstić information content (AvgIpc) is 3.02. The fourth-order valence-corrected chi connectivity index (χ4v) is 1.53.